The van der Waals surface area contributed by atoms with Gasteiger partial charge in [-0.15, -0.1) is 0 Å². The Morgan fingerprint density at radius 1 is 1.53 bits per heavy atom. The molecule has 0 saturated carbocycles. The minimum absolute atomic E-state index is 0.0689. The van der Waals surface area contributed by atoms with Gasteiger partial charge < -0.3 is 24.2 Å². The van der Waals surface area contributed by atoms with Crippen LogP contribution < -0.4 is 14.8 Å². The number of hydrogen-bond acceptors (Lipinski definition) is 10. The van der Waals surface area contributed by atoms with Gasteiger partial charge in [0.15, 0.2) is 22.5 Å². The van der Waals surface area contributed by atoms with Gasteiger partial charge in [0.1, 0.15) is 23.8 Å². The van der Waals surface area contributed by atoms with Gasteiger partial charge >= 0.3 is 7.82 Å². The molecule has 0 amide bonds. The van der Waals surface area contributed by atoms with Gasteiger partial charge in [-0.05, 0) is 18.3 Å². The molecular formula is C17H17ClFN2O9PS. The van der Waals surface area contributed by atoms with Gasteiger partial charge in [0.05, 0.1) is 15.1 Å². The van der Waals surface area contributed by atoms with Crippen molar-refractivity contribution >= 4 is 31.6 Å². The topological polar surface area (TPSA) is 141 Å². The number of phosphoric ester groups is 1. The quantitative estimate of drug-likeness (QED) is 0.404. The summed E-state index contributed by atoms with van der Waals surface area (Å²) in [4.78, 5) is 13.7. The fourth-order valence-corrected chi connectivity index (χ4v) is 4.66. The first kappa shape index (κ1) is 22.0. The number of hydrogen-bond donors (Lipinski definition) is 3. The zero-order valence-corrected chi connectivity index (χ0v) is 18.7. The van der Waals surface area contributed by atoms with E-state index in [1.165, 1.54) is 7.11 Å². The highest BCUT2D eigenvalue weighted by Gasteiger charge is 2.57. The number of aliphatic hydroxyl groups is 2. The van der Waals surface area contributed by atoms with Crippen LogP contribution in [0.3, 0.4) is 0 Å². The van der Waals surface area contributed by atoms with Crippen molar-refractivity contribution in [2.24, 2.45) is 0 Å². The number of nitrogens with zero attached hydrogens (tertiary/aromatic N) is 1. The highest BCUT2D eigenvalue weighted by molar-refractivity contribution is 7.71. The molecule has 3 heterocycles. The summed E-state index contributed by atoms with van der Waals surface area (Å²) >= 11 is 10.7. The minimum atomic E-state index is -4.41. The first-order chi connectivity index (χ1) is 15.4. The summed E-state index contributed by atoms with van der Waals surface area (Å²) in [6, 6.07) is 4.83. The molecule has 0 radical (unpaired) electrons. The van der Waals surface area contributed by atoms with Gasteiger partial charge in [-0.25, -0.2) is 8.96 Å². The van der Waals surface area contributed by atoms with E-state index in [-0.39, 0.29) is 18.1 Å². The predicted molar refractivity (Wildman–Crippen MR) is 109 cm³/mol. The molecule has 0 spiro atoms. The molecule has 1 saturated heterocycles. The Hall–Kier alpha value is -1.83. The van der Waals surface area contributed by atoms with Gasteiger partial charge in [0.25, 0.3) is 11.4 Å². The zero-order chi connectivity index (χ0) is 24.2. The molecule has 1 aromatic heterocycles. The van der Waals surface area contributed by atoms with Crippen LogP contribution in [0.25, 0.3) is 0 Å². The molecule has 3 N–H and O–H groups in total. The monoisotopic (exact) mass is 511 g/mol. The lowest BCUT2D eigenvalue weighted by Crippen LogP contribution is -2.43. The van der Waals surface area contributed by atoms with Crippen molar-refractivity contribution in [1.29, 1.82) is 0 Å². The van der Waals surface area contributed by atoms with Crippen LogP contribution in [0.15, 0.2) is 29.2 Å². The molecule has 11 nitrogen and oxygen atoms in total. The van der Waals surface area contributed by atoms with Crippen molar-refractivity contribution in [3.8, 4) is 11.5 Å². The van der Waals surface area contributed by atoms with Crippen LogP contribution in [0.1, 0.15) is 13.1 Å². The van der Waals surface area contributed by atoms with E-state index in [4.69, 9.17) is 48.2 Å². The molecule has 2 aliphatic rings. The number of para-hydroxylation sites is 1. The van der Waals surface area contributed by atoms with Gasteiger partial charge in [-0.3, -0.25) is 23.4 Å². The number of aromatic amines is 1. The molecular weight excluding hydrogens is 494 g/mol. The number of H-pyrrole nitrogens is 1. The Balaban J connectivity index is 1.58. The van der Waals surface area contributed by atoms with Crippen LogP contribution >= 0.6 is 31.6 Å². The Bertz CT molecular complexity index is 1250. The SMILES string of the molecule is [2H][C@@]1(n2cc(Cl)c(=O)[nH]c2=S)O[C@](F)(COP2(=O)OCc3cccc(OC)c3O2)[C@@H](O)[C@H]1O. The van der Waals surface area contributed by atoms with Gasteiger partial charge in [0.2, 0.25) is 0 Å². The summed E-state index contributed by atoms with van der Waals surface area (Å²) in [7, 11) is -3.05. The summed E-state index contributed by atoms with van der Waals surface area (Å²) in [5, 5.41) is 20.2. The maximum atomic E-state index is 15.5. The normalized spacial score (nSPS) is 34.5. The molecule has 0 aliphatic carbocycles. The van der Waals surface area contributed by atoms with E-state index in [1.807, 2.05) is 0 Å². The molecule has 2 aromatic rings. The predicted octanol–water partition coefficient (Wildman–Crippen LogP) is 2.22. The summed E-state index contributed by atoms with van der Waals surface area (Å²) in [6.07, 6.45) is -6.51. The van der Waals surface area contributed by atoms with E-state index < -0.39 is 54.0 Å². The van der Waals surface area contributed by atoms with Gasteiger partial charge in [-0.1, -0.05) is 23.7 Å². The van der Waals surface area contributed by atoms with Crippen molar-refractivity contribution in [1.82, 2.24) is 9.55 Å². The number of ether oxygens (including phenoxy) is 2. The van der Waals surface area contributed by atoms with Crippen LogP contribution in [0, 0.1) is 4.77 Å². The lowest BCUT2D eigenvalue weighted by Gasteiger charge is -2.29. The standard InChI is InChI=1S/C17H17ClFN2O9PS/c1-26-10-4-2-3-8-6-27-31(25,30-12(8)10)28-7-17(19)13(23)11(22)15(29-17)21-5-9(18)14(24)20-16(21)32/h2-5,11,13,15,22-23H,6-7H2,1H3,(H,20,24,32)/t11-,13+,15-,17-,31?/m1/s1/i15D. The number of benzene rings is 1. The van der Waals surface area contributed by atoms with Gasteiger partial charge in [-0.2, -0.15) is 0 Å². The van der Waals surface area contributed by atoms with E-state index in [2.05, 4.69) is 4.98 Å². The fraction of sp³-hybridized carbons (Fsp3) is 0.412. The summed E-state index contributed by atoms with van der Waals surface area (Å²) in [5.41, 5.74) is -0.286. The Kier molecular flexibility index (Phi) is 5.84. The number of nitrogens with one attached hydrogen (secondary N) is 1. The number of alkyl halides is 1. The van der Waals surface area contributed by atoms with E-state index in [0.29, 0.717) is 10.1 Å². The van der Waals surface area contributed by atoms with Crippen molar-refractivity contribution in [2.45, 2.75) is 30.9 Å². The van der Waals surface area contributed by atoms with Crippen molar-refractivity contribution in [3.05, 3.63) is 50.1 Å². The second-order valence-electron chi connectivity index (χ2n) is 6.76. The van der Waals surface area contributed by atoms with Crippen molar-refractivity contribution in [2.75, 3.05) is 13.7 Å². The molecule has 1 fully saturated rings. The average Bonchev–Trinajstić information content (AvgIpc) is 2.95. The number of aromatic nitrogens is 2. The number of halogens is 2. The molecule has 1 unspecified atom stereocenters. The van der Waals surface area contributed by atoms with Gasteiger partial charge in [0, 0.05) is 11.8 Å². The lowest BCUT2D eigenvalue weighted by atomic mass is 10.1. The third-order valence-electron chi connectivity index (χ3n) is 4.69. The maximum absolute atomic E-state index is 15.5. The molecule has 15 heteroatoms. The first-order valence-electron chi connectivity index (χ1n) is 9.44. The summed E-state index contributed by atoms with van der Waals surface area (Å²) in [6.45, 7) is -1.47. The van der Waals surface area contributed by atoms with Crippen molar-refractivity contribution in [3.63, 3.8) is 0 Å². The van der Waals surface area contributed by atoms with Crippen molar-refractivity contribution < 1.29 is 43.6 Å². The molecule has 32 heavy (non-hydrogen) atoms. The Morgan fingerprint density at radius 3 is 3.00 bits per heavy atom. The van der Waals surface area contributed by atoms with E-state index in [1.54, 1.807) is 18.2 Å². The molecule has 5 atom stereocenters. The second kappa shape index (κ2) is 8.50. The highest BCUT2D eigenvalue weighted by Crippen LogP contribution is 2.57. The zero-order valence-electron chi connectivity index (χ0n) is 17.2. The summed E-state index contributed by atoms with van der Waals surface area (Å²) < 4.78 is 62.6. The Morgan fingerprint density at radius 2 is 2.28 bits per heavy atom. The first-order valence-corrected chi connectivity index (χ1v) is 11.2. The smallest absolute Gasteiger partial charge is 0.493 e. The average molecular weight is 512 g/mol. The number of fused-ring (bicyclic) bond motifs is 1. The van der Waals surface area contributed by atoms with Crippen LogP contribution in [-0.4, -0.2) is 51.5 Å². The third kappa shape index (κ3) is 4.11. The largest absolute Gasteiger partial charge is 0.530 e. The minimum Gasteiger partial charge on any atom is -0.493 e. The van der Waals surface area contributed by atoms with E-state index in [0.717, 1.165) is 6.20 Å². The second-order valence-corrected chi connectivity index (χ2v) is 9.14. The maximum Gasteiger partial charge on any atom is 0.530 e. The van der Waals surface area contributed by atoms with Crippen LogP contribution in [0.2, 0.25) is 5.02 Å². The molecule has 1 aromatic carbocycles. The highest BCUT2D eigenvalue weighted by atomic mass is 35.5. The van der Waals surface area contributed by atoms with Crippen LogP contribution in [0.5, 0.6) is 11.5 Å². The van der Waals surface area contributed by atoms with Crippen LogP contribution in [-0.2, 0) is 25.0 Å². The van der Waals surface area contributed by atoms with E-state index in [9.17, 15) is 19.6 Å². The number of methoxy groups -OCH3 is 1. The van der Waals surface area contributed by atoms with E-state index >= 15 is 4.39 Å². The molecule has 174 valence electrons. The fourth-order valence-electron chi connectivity index (χ4n) is 3.04. The Labute approximate surface area is 191 Å². The number of aliphatic hydroxyl groups excluding tert-OH is 2. The summed E-state index contributed by atoms with van der Waals surface area (Å²) in [5.74, 6) is -2.96. The lowest BCUT2D eigenvalue weighted by molar-refractivity contribution is -0.205. The number of rotatable bonds is 5. The molecule has 4 rings (SSSR count). The number of phosphoric acid groups is 1. The molecule has 2 aliphatic heterocycles. The third-order valence-corrected chi connectivity index (χ3v) is 6.55. The van der Waals surface area contributed by atoms with Crippen LogP contribution in [0.4, 0.5) is 4.39 Å². The molecule has 0 bridgehead atoms.